The lowest BCUT2D eigenvalue weighted by molar-refractivity contribution is 0.248. The number of urea groups is 1. The molecule has 0 radical (unpaired) electrons. The summed E-state index contributed by atoms with van der Waals surface area (Å²) in [7, 11) is 0. The van der Waals surface area contributed by atoms with Crippen molar-refractivity contribution in [3.05, 3.63) is 24.3 Å². The molecule has 1 saturated carbocycles. The van der Waals surface area contributed by atoms with Crippen LogP contribution in [0, 0.1) is 0 Å². The second kappa shape index (κ2) is 4.88. The molecule has 0 spiro atoms. The third-order valence-corrected chi connectivity index (χ3v) is 2.86. The van der Waals surface area contributed by atoms with Crippen LogP contribution in [0.5, 0.6) is 0 Å². The number of rotatable bonds is 2. The maximum absolute atomic E-state index is 11.6. The van der Waals surface area contributed by atoms with Gasteiger partial charge < -0.3 is 16.4 Å². The third kappa shape index (κ3) is 2.89. The molecule has 1 fully saturated rings. The average Bonchev–Trinajstić information content (AvgIpc) is 2.74. The molecule has 0 heterocycles. The Bertz CT molecular complexity index is 355. The van der Waals surface area contributed by atoms with Crippen LogP contribution in [-0.2, 0) is 0 Å². The molecule has 1 aliphatic rings. The minimum atomic E-state index is -0.128. The standard InChI is InChI=1S/C12H17N3O/c13-9-5-7-11(8-6-9)15-12(16)14-10-3-1-2-4-10/h5-8,10H,1-4,13H2,(H2,14,15,16). The van der Waals surface area contributed by atoms with E-state index in [0.29, 0.717) is 11.7 Å². The van der Waals surface area contributed by atoms with Crippen molar-refractivity contribution in [2.24, 2.45) is 0 Å². The SMILES string of the molecule is Nc1ccc(NC(=O)NC2CCCC2)cc1. The Balaban J connectivity index is 1.84. The molecule has 16 heavy (non-hydrogen) atoms. The second-order valence-electron chi connectivity index (χ2n) is 4.20. The van der Waals surface area contributed by atoms with E-state index in [1.54, 1.807) is 24.3 Å². The van der Waals surface area contributed by atoms with Crippen molar-refractivity contribution >= 4 is 17.4 Å². The van der Waals surface area contributed by atoms with E-state index in [4.69, 9.17) is 5.73 Å². The molecule has 0 saturated heterocycles. The fourth-order valence-corrected chi connectivity index (χ4v) is 1.99. The largest absolute Gasteiger partial charge is 0.399 e. The lowest BCUT2D eigenvalue weighted by atomic mass is 10.2. The lowest BCUT2D eigenvalue weighted by Gasteiger charge is -2.12. The van der Waals surface area contributed by atoms with Crippen LogP contribution in [-0.4, -0.2) is 12.1 Å². The number of anilines is 2. The van der Waals surface area contributed by atoms with Crippen LogP contribution in [0.1, 0.15) is 25.7 Å². The van der Waals surface area contributed by atoms with Gasteiger partial charge in [-0.25, -0.2) is 4.79 Å². The lowest BCUT2D eigenvalue weighted by Crippen LogP contribution is -2.36. The fraction of sp³-hybridized carbons (Fsp3) is 0.417. The highest BCUT2D eigenvalue weighted by Crippen LogP contribution is 2.18. The first-order valence-electron chi connectivity index (χ1n) is 5.67. The summed E-state index contributed by atoms with van der Waals surface area (Å²) in [4.78, 5) is 11.6. The topological polar surface area (TPSA) is 67.1 Å². The molecule has 1 aromatic rings. The zero-order valence-corrected chi connectivity index (χ0v) is 9.20. The minimum absolute atomic E-state index is 0.128. The van der Waals surface area contributed by atoms with Crippen molar-refractivity contribution in [3.63, 3.8) is 0 Å². The predicted octanol–water partition coefficient (Wildman–Crippen LogP) is 2.33. The van der Waals surface area contributed by atoms with E-state index >= 15 is 0 Å². The van der Waals surface area contributed by atoms with Crippen LogP contribution in [0.15, 0.2) is 24.3 Å². The summed E-state index contributed by atoms with van der Waals surface area (Å²) in [5, 5.41) is 5.75. The van der Waals surface area contributed by atoms with Crippen molar-refractivity contribution < 1.29 is 4.79 Å². The fourth-order valence-electron chi connectivity index (χ4n) is 1.99. The molecular weight excluding hydrogens is 202 g/mol. The minimum Gasteiger partial charge on any atom is -0.399 e. The van der Waals surface area contributed by atoms with Gasteiger partial charge in [0.1, 0.15) is 0 Å². The van der Waals surface area contributed by atoms with Crippen molar-refractivity contribution in [1.29, 1.82) is 0 Å². The Morgan fingerprint density at radius 3 is 2.44 bits per heavy atom. The molecule has 1 aromatic carbocycles. The summed E-state index contributed by atoms with van der Waals surface area (Å²) in [6.45, 7) is 0. The number of nitrogens with one attached hydrogen (secondary N) is 2. The molecule has 2 amide bonds. The third-order valence-electron chi connectivity index (χ3n) is 2.86. The van der Waals surface area contributed by atoms with Gasteiger partial charge in [0, 0.05) is 17.4 Å². The van der Waals surface area contributed by atoms with E-state index in [1.807, 2.05) is 0 Å². The van der Waals surface area contributed by atoms with Crippen LogP contribution in [0.2, 0.25) is 0 Å². The molecule has 4 nitrogen and oxygen atoms in total. The van der Waals surface area contributed by atoms with E-state index < -0.39 is 0 Å². The first kappa shape index (κ1) is 10.8. The number of carbonyl (C=O) groups is 1. The summed E-state index contributed by atoms with van der Waals surface area (Å²) < 4.78 is 0. The Kier molecular flexibility index (Phi) is 3.29. The van der Waals surface area contributed by atoms with Gasteiger partial charge in [-0.1, -0.05) is 12.8 Å². The molecular formula is C12H17N3O. The second-order valence-corrected chi connectivity index (χ2v) is 4.20. The van der Waals surface area contributed by atoms with Gasteiger partial charge in [0.2, 0.25) is 0 Å². The Morgan fingerprint density at radius 2 is 1.81 bits per heavy atom. The maximum Gasteiger partial charge on any atom is 0.319 e. The number of nitrogen functional groups attached to an aromatic ring is 1. The van der Waals surface area contributed by atoms with Gasteiger partial charge in [0.05, 0.1) is 0 Å². The van der Waals surface area contributed by atoms with Crippen molar-refractivity contribution in [1.82, 2.24) is 5.32 Å². The number of hydrogen-bond donors (Lipinski definition) is 3. The predicted molar refractivity (Wildman–Crippen MR) is 65.3 cm³/mol. The Labute approximate surface area is 95.2 Å². The molecule has 4 N–H and O–H groups in total. The zero-order chi connectivity index (χ0) is 11.4. The van der Waals surface area contributed by atoms with Gasteiger partial charge in [-0.2, -0.15) is 0 Å². The normalized spacial score (nSPS) is 16.0. The number of amides is 2. The quantitative estimate of drug-likeness (QED) is 0.668. The molecule has 0 aromatic heterocycles. The highest BCUT2D eigenvalue weighted by molar-refractivity contribution is 5.89. The Hall–Kier alpha value is -1.71. The van der Waals surface area contributed by atoms with Crippen LogP contribution < -0.4 is 16.4 Å². The zero-order valence-electron chi connectivity index (χ0n) is 9.20. The van der Waals surface area contributed by atoms with Crippen LogP contribution in [0.3, 0.4) is 0 Å². The molecule has 1 aliphatic carbocycles. The van der Waals surface area contributed by atoms with Gasteiger partial charge >= 0.3 is 6.03 Å². The molecule has 86 valence electrons. The molecule has 0 atom stereocenters. The molecule has 0 bridgehead atoms. The highest BCUT2D eigenvalue weighted by Gasteiger charge is 2.16. The molecule has 0 unspecified atom stereocenters. The van der Waals surface area contributed by atoms with Crippen molar-refractivity contribution in [3.8, 4) is 0 Å². The van der Waals surface area contributed by atoms with E-state index in [-0.39, 0.29) is 6.03 Å². The van der Waals surface area contributed by atoms with Gasteiger partial charge in [-0.15, -0.1) is 0 Å². The number of carbonyl (C=O) groups excluding carboxylic acids is 1. The van der Waals surface area contributed by atoms with Crippen molar-refractivity contribution in [2.75, 3.05) is 11.1 Å². The van der Waals surface area contributed by atoms with E-state index in [2.05, 4.69) is 10.6 Å². The first-order chi connectivity index (χ1) is 7.74. The van der Waals surface area contributed by atoms with Gasteiger partial charge in [-0.05, 0) is 37.1 Å². The van der Waals surface area contributed by atoms with E-state index in [1.165, 1.54) is 12.8 Å². The summed E-state index contributed by atoms with van der Waals surface area (Å²) in [5.74, 6) is 0. The first-order valence-corrected chi connectivity index (χ1v) is 5.67. The van der Waals surface area contributed by atoms with Crippen LogP contribution in [0.4, 0.5) is 16.2 Å². The van der Waals surface area contributed by atoms with Gasteiger partial charge in [0.25, 0.3) is 0 Å². The van der Waals surface area contributed by atoms with Crippen LogP contribution in [0.25, 0.3) is 0 Å². The van der Waals surface area contributed by atoms with Crippen molar-refractivity contribution in [2.45, 2.75) is 31.7 Å². The monoisotopic (exact) mass is 219 g/mol. The molecule has 4 heteroatoms. The Morgan fingerprint density at radius 1 is 1.19 bits per heavy atom. The average molecular weight is 219 g/mol. The number of hydrogen-bond acceptors (Lipinski definition) is 2. The summed E-state index contributed by atoms with van der Waals surface area (Å²) in [5.41, 5.74) is 7.03. The number of benzene rings is 1. The van der Waals surface area contributed by atoms with Gasteiger partial charge in [0.15, 0.2) is 0 Å². The molecule has 2 rings (SSSR count). The summed E-state index contributed by atoms with van der Waals surface area (Å²) >= 11 is 0. The molecule has 0 aliphatic heterocycles. The highest BCUT2D eigenvalue weighted by atomic mass is 16.2. The van der Waals surface area contributed by atoms with Crippen LogP contribution >= 0.6 is 0 Å². The number of nitrogens with two attached hydrogens (primary N) is 1. The summed E-state index contributed by atoms with van der Waals surface area (Å²) in [6, 6.07) is 7.34. The summed E-state index contributed by atoms with van der Waals surface area (Å²) in [6.07, 6.45) is 4.62. The van der Waals surface area contributed by atoms with E-state index in [0.717, 1.165) is 18.5 Å². The smallest absolute Gasteiger partial charge is 0.319 e. The van der Waals surface area contributed by atoms with Gasteiger partial charge in [-0.3, -0.25) is 0 Å². The van der Waals surface area contributed by atoms with E-state index in [9.17, 15) is 4.79 Å². The maximum atomic E-state index is 11.6.